The van der Waals surface area contributed by atoms with E-state index >= 15 is 0 Å². The summed E-state index contributed by atoms with van der Waals surface area (Å²) in [5.74, 6) is 1.33. The highest BCUT2D eigenvalue weighted by atomic mass is 32.2. The van der Waals surface area contributed by atoms with E-state index in [2.05, 4.69) is 19.9 Å². The van der Waals surface area contributed by atoms with Gasteiger partial charge in [-0.25, -0.2) is 15.0 Å². The fourth-order valence-corrected chi connectivity index (χ4v) is 2.50. The van der Waals surface area contributed by atoms with Gasteiger partial charge in [0.1, 0.15) is 16.7 Å². The summed E-state index contributed by atoms with van der Waals surface area (Å²) in [5, 5.41) is 1.22. The van der Waals surface area contributed by atoms with E-state index in [4.69, 9.17) is 5.73 Å². The monoisotopic (exact) mass is 291 g/mol. The molecule has 7 heteroatoms. The number of hydrogen-bond acceptors (Lipinski definition) is 6. The molecule has 0 saturated carbocycles. The van der Waals surface area contributed by atoms with Crippen molar-refractivity contribution in [3.05, 3.63) is 33.5 Å². The first kappa shape index (κ1) is 14.5. The van der Waals surface area contributed by atoms with Gasteiger partial charge >= 0.3 is 0 Å². The predicted molar refractivity (Wildman–Crippen MR) is 79.0 cm³/mol. The Balaban J connectivity index is 2.44. The lowest BCUT2D eigenvalue weighted by Crippen LogP contribution is -2.09. The molecule has 0 aliphatic heterocycles. The van der Waals surface area contributed by atoms with Gasteiger partial charge in [-0.2, -0.15) is 0 Å². The van der Waals surface area contributed by atoms with Gasteiger partial charge in [0.2, 0.25) is 0 Å². The minimum atomic E-state index is -0.177. The van der Waals surface area contributed by atoms with Crippen molar-refractivity contribution in [2.75, 3.05) is 5.73 Å². The van der Waals surface area contributed by atoms with E-state index in [1.54, 1.807) is 6.92 Å². The molecule has 0 aromatic carbocycles. The van der Waals surface area contributed by atoms with Crippen LogP contribution in [0.4, 0.5) is 5.82 Å². The average molecular weight is 291 g/mol. The second kappa shape index (κ2) is 5.62. The number of hydrogen-bond donors (Lipinski definition) is 2. The zero-order valence-corrected chi connectivity index (χ0v) is 12.7. The number of nitrogens with one attached hydrogen (secondary N) is 1. The van der Waals surface area contributed by atoms with Gasteiger partial charge in [0.05, 0.1) is 0 Å². The van der Waals surface area contributed by atoms with Gasteiger partial charge in [-0.3, -0.25) is 4.79 Å². The Morgan fingerprint density at radius 1 is 1.25 bits per heavy atom. The highest BCUT2D eigenvalue weighted by molar-refractivity contribution is 7.99. The minimum Gasteiger partial charge on any atom is -0.383 e. The van der Waals surface area contributed by atoms with E-state index in [0.717, 1.165) is 10.6 Å². The Morgan fingerprint density at radius 2 is 1.95 bits per heavy atom. The van der Waals surface area contributed by atoms with Crippen LogP contribution in [0, 0.1) is 13.8 Å². The minimum absolute atomic E-state index is 0.177. The lowest BCUT2D eigenvalue weighted by molar-refractivity contribution is 0.750. The quantitative estimate of drug-likeness (QED) is 0.663. The van der Waals surface area contributed by atoms with Crippen molar-refractivity contribution in [2.24, 2.45) is 0 Å². The van der Waals surface area contributed by atoms with Gasteiger partial charge in [-0.15, -0.1) is 0 Å². The van der Waals surface area contributed by atoms with Crippen LogP contribution < -0.4 is 11.3 Å². The Labute approximate surface area is 121 Å². The average Bonchev–Trinajstić information content (AvgIpc) is 2.33. The first-order chi connectivity index (χ1) is 9.36. The van der Waals surface area contributed by atoms with Gasteiger partial charge in [0.25, 0.3) is 5.56 Å². The summed E-state index contributed by atoms with van der Waals surface area (Å²) < 4.78 is 0. The van der Waals surface area contributed by atoms with Crippen molar-refractivity contribution in [2.45, 2.75) is 43.8 Å². The summed E-state index contributed by atoms with van der Waals surface area (Å²) in [5.41, 5.74) is 7.20. The zero-order valence-electron chi connectivity index (χ0n) is 11.9. The molecule has 2 aromatic rings. The van der Waals surface area contributed by atoms with Crippen molar-refractivity contribution in [3.63, 3.8) is 0 Å². The highest BCUT2D eigenvalue weighted by Gasteiger charge is 2.13. The Bertz CT molecular complexity index is 696. The molecule has 2 aromatic heterocycles. The van der Waals surface area contributed by atoms with Crippen LogP contribution in [0.2, 0.25) is 0 Å². The maximum atomic E-state index is 11.5. The third kappa shape index (κ3) is 3.16. The Kier molecular flexibility index (Phi) is 4.08. The van der Waals surface area contributed by atoms with Crippen LogP contribution in [0.3, 0.4) is 0 Å². The van der Waals surface area contributed by atoms with Gasteiger partial charge < -0.3 is 10.7 Å². The standard InChI is InChI=1S/C13H17N5OS/c1-6(2)11-17-10(14)8(4)12(18-11)20-13-15-7(3)5-9(19)16-13/h5-6H,1-4H3,(H2,14,17,18)(H,15,16,19). The first-order valence-electron chi connectivity index (χ1n) is 6.26. The third-order valence-electron chi connectivity index (χ3n) is 2.71. The summed E-state index contributed by atoms with van der Waals surface area (Å²) in [6, 6.07) is 1.45. The molecule has 2 rings (SSSR count). The molecule has 0 amide bonds. The van der Waals surface area contributed by atoms with Gasteiger partial charge in [0, 0.05) is 23.2 Å². The number of aromatic amines is 1. The molecule has 0 saturated heterocycles. The molecule has 2 heterocycles. The molecule has 0 radical (unpaired) electrons. The molecule has 3 N–H and O–H groups in total. The van der Waals surface area contributed by atoms with E-state index in [9.17, 15) is 4.79 Å². The largest absolute Gasteiger partial charge is 0.383 e. The molecular weight excluding hydrogens is 274 g/mol. The summed E-state index contributed by atoms with van der Waals surface area (Å²) in [7, 11) is 0. The number of H-pyrrole nitrogens is 1. The number of nitrogens with zero attached hydrogens (tertiary/aromatic N) is 3. The topological polar surface area (TPSA) is 97.5 Å². The molecule has 0 fully saturated rings. The normalized spacial score (nSPS) is 11.1. The number of aromatic nitrogens is 4. The molecule has 0 atom stereocenters. The molecule has 0 spiro atoms. The Hall–Kier alpha value is -1.89. The maximum Gasteiger partial charge on any atom is 0.251 e. The maximum absolute atomic E-state index is 11.5. The number of anilines is 1. The van der Waals surface area contributed by atoms with Crippen LogP contribution >= 0.6 is 11.8 Å². The van der Waals surface area contributed by atoms with E-state index in [-0.39, 0.29) is 11.5 Å². The van der Waals surface area contributed by atoms with Crippen molar-refractivity contribution in [3.8, 4) is 0 Å². The molecular formula is C13H17N5OS. The predicted octanol–water partition coefficient (Wildman–Crippen LogP) is 2.03. The summed E-state index contributed by atoms with van der Waals surface area (Å²) >= 11 is 1.29. The lowest BCUT2D eigenvalue weighted by Gasteiger charge is -2.11. The van der Waals surface area contributed by atoms with Gasteiger partial charge in [-0.1, -0.05) is 13.8 Å². The molecule has 0 unspecified atom stereocenters. The van der Waals surface area contributed by atoms with Crippen molar-refractivity contribution in [1.82, 2.24) is 19.9 Å². The highest BCUT2D eigenvalue weighted by Crippen LogP contribution is 2.29. The van der Waals surface area contributed by atoms with E-state index < -0.39 is 0 Å². The third-order valence-corrected chi connectivity index (χ3v) is 3.69. The number of aryl methyl sites for hydroxylation is 1. The molecule has 20 heavy (non-hydrogen) atoms. The van der Waals surface area contributed by atoms with Crippen LogP contribution in [0.25, 0.3) is 0 Å². The summed E-state index contributed by atoms with van der Waals surface area (Å²) in [6.07, 6.45) is 0. The van der Waals surface area contributed by atoms with Crippen LogP contribution in [-0.4, -0.2) is 19.9 Å². The second-order valence-corrected chi connectivity index (χ2v) is 5.82. The molecule has 0 aliphatic carbocycles. The summed E-state index contributed by atoms with van der Waals surface area (Å²) in [6.45, 7) is 7.65. The molecule has 0 aliphatic rings. The van der Waals surface area contributed by atoms with Crippen LogP contribution in [0.1, 0.15) is 36.8 Å². The van der Waals surface area contributed by atoms with Gasteiger partial charge in [-0.05, 0) is 25.6 Å². The van der Waals surface area contributed by atoms with Crippen molar-refractivity contribution in [1.29, 1.82) is 0 Å². The van der Waals surface area contributed by atoms with E-state index in [1.807, 2.05) is 20.8 Å². The molecule has 106 valence electrons. The zero-order chi connectivity index (χ0) is 14.9. The second-order valence-electron chi connectivity index (χ2n) is 4.85. The SMILES string of the molecule is Cc1cc(=O)[nH]c(Sc2nc(C(C)C)nc(N)c2C)n1. The van der Waals surface area contributed by atoms with Crippen LogP contribution in [0.15, 0.2) is 21.0 Å². The van der Waals surface area contributed by atoms with Crippen molar-refractivity contribution < 1.29 is 0 Å². The van der Waals surface area contributed by atoms with Crippen molar-refractivity contribution >= 4 is 17.6 Å². The van der Waals surface area contributed by atoms with E-state index in [1.165, 1.54) is 17.8 Å². The fraction of sp³-hybridized carbons (Fsp3) is 0.385. The Morgan fingerprint density at radius 3 is 2.55 bits per heavy atom. The van der Waals surface area contributed by atoms with Crippen LogP contribution in [-0.2, 0) is 0 Å². The number of nitrogens with two attached hydrogens (primary N) is 1. The van der Waals surface area contributed by atoms with Crippen LogP contribution in [0.5, 0.6) is 0 Å². The molecule has 6 nitrogen and oxygen atoms in total. The fourth-order valence-electron chi connectivity index (χ4n) is 1.58. The number of rotatable bonds is 3. The smallest absolute Gasteiger partial charge is 0.251 e. The number of nitrogen functional groups attached to an aromatic ring is 1. The summed E-state index contributed by atoms with van der Waals surface area (Å²) in [4.78, 5) is 27.2. The van der Waals surface area contributed by atoms with E-state index in [0.29, 0.717) is 22.5 Å². The lowest BCUT2D eigenvalue weighted by atomic mass is 10.2. The van der Waals surface area contributed by atoms with Gasteiger partial charge in [0.15, 0.2) is 5.16 Å². The molecule has 0 bridgehead atoms. The first-order valence-corrected chi connectivity index (χ1v) is 7.08.